The van der Waals surface area contributed by atoms with Crippen LogP contribution >= 0.6 is 15.6 Å². The molecule has 0 aromatic carbocycles. The number of aliphatic hydroxyl groups is 3. The zero-order chi connectivity index (χ0) is 25.4. The van der Waals surface area contributed by atoms with E-state index >= 15 is 0 Å². The number of ether oxygens (including phenoxy) is 2. The topological polar surface area (TPSA) is 236 Å². The second-order valence-corrected chi connectivity index (χ2v) is 10.9. The van der Waals surface area contributed by atoms with Gasteiger partial charge in [-0.05, 0) is 13.8 Å². The molecular formula is C16H26N2O14P2. The molecule has 18 heteroatoms. The molecule has 3 heterocycles. The predicted octanol–water partition coefficient (Wildman–Crippen LogP) is -1.40. The summed E-state index contributed by atoms with van der Waals surface area (Å²) in [4.78, 5) is 45.1. The number of nitrogens with one attached hydrogen (secondary N) is 1. The van der Waals surface area contributed by atoms with Crippen LogP contribution in [0.15, 0.2) is 15.8 Å². The molecule has 2 fully saturated rings. The summed E-state index contributed by atoms with van der Waals surface area (Å²) in [6.45, 7) is 2.05. The van der Waals surface area contributed by atoms with Crippen molar-refractivity contribution in [2.75, 3.05) is 6.61 Å². The van der Waals surface area contributed by atoms with Gasteiger partial charge in [-0.1, -0.05) is 0 Å². The van der Waals surface area contributed by atoms with Crippen LogP contribution in [0, 0.1) is 6.92 Å². The summed E-state index contributed by atoms with van der Waals surface area (Å²) < 4.78 is 49.3. The maximum atomic E-state index is 12.1. The number of aliphatic hydroxyl groups excluding tert-OH is 3. The highest BCUT2D eigenvalue weighted by Crippen LogP contribution is 2.61. The lowest BCUT2D eigenvalue weighted by Crippen LogP contribution is -2.47. The van der Waals surface area contributed by atoms with Crippen molar-refractivity contribution in [1.82, 2.24) is 9.55 Å². The van der Waals surface area contributed by atoms with Crippen molar-refractivity contribution in [3.8, 4) is 0 Å². The molecule has 6 N–H and O–H groups in total. The monoisotopic (exact) mass is 532 g/mol. The minimum atomic E-state index is -5.25. The Labute approximate surface area is 191 Å². The van der Waals surface area contributed by atoms with Gasteiger partial charge < -0.3 is 34.6 Å². The van der Waals surface area contributed by atoms with E-state index in [0.29, 0.717) is 0 Å². The van der Waals surface area contributed by atoms with Crippen LogP contribution in [0.4, 0.5) is 0 Å². The van der Waals surface area contributed by atoms with E-state index in [1.165, 1.54) is 20.0 Å². The van der Waals surface area contributed by atoms with Crippen LogP contribution < -0.4 is 11.2 Å². The van der Waals surface area contributed by atoms with Gasteiger partial charge in [0, 0.05) is 24.6 Å². The Kier molecular flexibility index (Phi) is 8.35. The molecule has 2 aliphatic rings. The molecule has 34 heavy (non-hydrogen) atoms. The highest BCUT2D eigenvalue weighted by Gasteiger charge is 2.43. The Morgan fingerprint density at radius 2 is 1.79 bits per heavy atom. The first-order valence-corrected chi connectivity index (χ1v) is 13.0. The molecule has 0 spiro atoms. The van der Waals surface area contributed by atoms with Crippen molar-refractivity contribution in [2.24, 2.45) is 0 Å². The first kappa shape index (κ1) is 27.3. The number of nitrogens with zero attached hydrogens (tertiary/aromatic N) is 1. The van der Waals surface area contributed by atoms with E-state index in [-0.39, 0.29) is 12.0 Å². The Morgan fingerprint density at radius 3 is 2.44 bits per heavy atom. The average Bonchev–Trinajstić information content (AvgIpc) is 3.06. The summed E-state index contributed by atoms with van der Waals surface area (Å²) in [6.07, 6.45) is -7.90. The molecule has 0 saturated carbocycles. The Balaban J connectivity index is 1.56. The zero-order valence-corrected chi connectivity index (χ0v) is 19.8. The molecule has 9 atom stereocenters. The molecule has 2 unspecified atom stereocenters. The fourth-order valence-electron chi connectivity index (χ4n) is 3.42. The fourth-order valence-corrected chi connectivity index (χ4v) is 5.57. The molecule has 3 rings (SSSR count). The molecule has 16 nitrogen and oxygen atoms in total. The largest absolute Gasteiger partial charge is 0.483 e. The van der Waals surface area contributed by atoms with Gasteiger partial charge in [-0.15, -0.1) is 0 Å². The summed E-state index contributed by atoms with van der Waals surface area (Å²) in [5.74, 6) is 0. The highest BCUT2D eigenvalue weighted by atomic mass is 31.3. The molecule has 0 radical (unpaired) electrons. The first-order valence-electron chi connectivity index (χ1n) is 10.0. The SMILES string of the molecule is Cc1cn([C@H]2C[C@H](O)[C@@H](COP(=O)(O)OP(=O)(O)O[C@@H]3C[C@H](O)[C@@H](O)[C@H](C)O3)O2)c(=O)[nH]c1=O. The van der Waals surface area contributed by atoms with Crippen LogP contribution in [-0.4, -0.2) is 78.1 Å². The number of hydrogen-bond acceptors (Lipinski definition) is 12. The second-order valence-electron chi connectivity index (χ2n) is 7.90. The van der Waals surface area contributed by atoms with Crippen molar-refractivity contribution >= 4 is 15.6 Å². The van der Waals surface area contributed by atoms with Gasteiger partial charge in [0.05, 0.1) is 24.9 Å². The smallest absolute Gasteiger partial charge is 0.390 e. The number of phosphoric ester groups is 2. The molecule has 194 valence electrons. The van der Waals surface area contributed by atoms with Gasteiger partial charge in [0.25, 0.3) is 5.56 Å². The second kappa shape index (κ2) is 10.4. The number of aromatic nitrogens is 2. The van der Waals surface area contributed by atoms with Crippen LogP contribution in [0.5, 0.6) is 0 Å². The molecular weight excluding hydrogens is 506 g/mol. The minimum Gasteiger partial charge on any atom is -0.390 e. The Morgan fingerprint density at radius 1 is 1.12 bits per heavy atom. The summed E-state index contributed by atoms with van der Waals surface area (Å²) in [5.41, 5.74) is -1.17. The van der Waals surface area contributed by atoms with Gasteiger partial charge in [0.1, 0.15) is 18.4 Å². The summed E-state index contributed by atoms with van der Waals surface area (Å²) in [5, 5.41) is 29.5. The van der Waals surface area contributed by atoms with Gasteiger partial charge in [0.15, 0.2) is 6.29 Å². The number of phosphoric acid groups is 2. The normalized spacial score (nSPS) is 35.6. The van der Waals surface area contributed by atoms with Gasteiger partial charge in [0.2, 0.25) is 0 Å². The average molecular weight is 532 g/mol. The maximum Gasteiger partial charge on any atom is 0.483 e. The fraction of sp³-hybridized carbons (Fsp3) is 0.750. The van der Waals surface area contributed by atoms with E-state index in [1.807, 2.05) is 0 Å². The van der Waals surface area contributed by atoms with Gasteiger partial charge in [-0.25, -0.2) is 13.9 Å². The number of hydrogen-bond donors (Lipinski definition) is 6. The van der Waals surface area contributed by atoms with Crippen molar-refractivity contribution in [3.63, 3.8) is 0 Å². The van der Waals surface area contributed by atoms with Crippen LogP contribution in [0.25, 0.3) is 0 Å². The highest BCUT2D eigenvalue weighted by molar-refractivity contribution is 7.61. The first-order chi connectivity index (χ1) is 15.7. The number of rotatable bonds is 8. The number of aromatic amines is 1. The van der Waals surface area contributed by atoms with Crippen molar-refractivity contribution in [3.05, 3.63) is 32.6 Å². The molecule has 1 aromatic rings. The summed E-state index contributed by atoms with van der Waals surface area (Å²) in [6, 6.07) is 0. The molecule has 2 saturated heterocycles. The van der Waals surface area contributed by atoms with E-state index in [2.05, 4.69) is 18.3 Å². The van der Waals surface area contributed by atoms with Gasteiger partial charge in [-0.3, -0.25) is 23.4 Å². The van der Waals surface area contributed by atoms with Crippen molar-refractivity contribution < 1.29 is 57.1 Å². The van der Waals surface area contributed by atoms with Crippen LogP contribution in [0.2, 0.25) is 0 Å². The third kappa shape index (κ3) is 6.69. The molecule has 0 bridgehead atoms. The van der Waals surface area contributed by atoms with E-state index in [9.17, 15) is 43.8 Å². The van der Waals surface area contributed by atoms with Crippen LogP contribution in [0.3, 0.4) is 0 Å². The lowest BCUT2D eigenvalue weighted by atomic mass is 10.0. The standard InChI is InChI=1S/C16H26N2O14P2/c1-7-5-18(16(23)17-15(7)22)12-3-9(19)11(30-12)6-28-33(24,25)32-34(26,27)31-13-4-10(20)14(21)8(2)29-13/h5,8-14,19-21H,3-4,6H2,1-2H3,(H,24,25)(H,26,27)(H,17,22,23)/t8-,9-,10-,11+,12+,13+,14-/m0/s1. The number of H-pyrrole nitrogens is 1. The molecule has 0 aliphatic carbocycles. The third-order valence-electron chi connectivity index (χ3n) is 5.19. The van der Waals surface area contributed by atoms with Gasteiger partial charge >= 0.3 is 21.3 Å². The molecule has 1 aromatic heterocycles. The summed E-state index contributed by atoms with van der Waals surface area (Å²) >= 11 is 0. The van der Waals surface area contributed by atoms with Crippen LogP contribution in [0.1, 0.15) is 31.6 Å². The van der Waals surface area contributed by atoms with Crippen LogP contribution in [-0.2, 0) is 32.0 Å². The lowest BCUT2D eigenvalue weighted by Gasteiger charge is -2.35. The molecule has 2 aliphatic heterocycles. The Hall–Kier alpha value is -1.26. The summed E-state index contributed by atoms with van der Waals surface area (Å²) in [7, 11) is -10.5. The maximum absolute atomic E-state index is 12.1. The predicted molar refractivity (Wildman–Crippen MR) is 109 cm³/mol. The van der Waals surface area contributed by atoms with E-state index in [4.69, 9.17) is 9.47 Å². The minimum absolute atomic E-state index is 0.122. The third-order valence-corrected chi connectivity index (χ3v) is 7.82. The number of aryl methyl sites for hydroxylation is 1. The van der Waals surface area contributed by atoms with Gasteiger partial charge in [-0.2, -0.15) is 4.31 Å². The quantitative estimate of drug-likeness (QED) is 0.211. The van der Waals surface area contributed by atoms with Crippen molar-refractivity contribution in [1.29, 1.82) is 0 Å². The van der Waals surface area contributed by atoms with E-state index in [0.717, 1.165) is 4.57 Å². The molecule has 0 amide bonds. The lowest BCUT2D eigenvalue weighted by molar-refractivity contribution is -0.220. The van der Waals surface area contributed by atoms with Crippen molar-refractivity contribution in [2.45, 2.75) is 69.7 Å². The van der Waals surface area contributed by atoms with E-state index in [1.54, 1.807) is 0 Å². The zero-order valence-electron chi connectivity index (χ0n) is 18.0. The van der Waals surface area contributed by atoms with E-state index < -0.39 is 83.0 Å². The Bertz CT molecular complexity index is 1080.